The first kappa shape index (κ1) is 12.9. The van der Waals surface area contributed by atoms with E-state index < -0.39 is 0 Å². The minimum Gasteiger partial charge on any atom is -0.224 e. The van der Waals surface area contributed by atoms with Crippen LogP contribution in [0, 0.1) is 11.3 Å². The molecule has 0 radical (unpaired) electrons. The normalized spacial score (nSPS) is 10.1. The summed E-state index contributed by atoms with van der Waals surface area (Å²) in [4.78, 5) is 9.33. The molecule has 5 heteroatoms. The molecule has 1 aromatic heterocycles. The van der Waals surface area contributed by atoms with Crippen LogP contribution in [0.25, 0.3) is 0 Å². The fraction of sp³-hybridized carbons (Fsp3) is 0.154. The number of rotatable bonds is 3. The Hall–Kier alpha value is -1.57. The molecule has 2 aromatic rings. The summed E-state index contributed by atoms with van der Waals surface area (Å²) in [7, 11) is 0. The molecule has 18 heavy (non-hydrogen) atoms. The summed E-state index contributed by atoms with van der Waals surface area (Å²) in [5.41, 5.74) is 0.873. The summed E-state index contributed by atoms with van der Waals surface area (Å²) in [6.07, 6.45) is 0.783. The van der Waals surface area contributed by atoms with Gasteiger partial charge in [-0.3, -0.25) is 0 Å². The van der Waals surface area contributed by atoms with Gasteiger partial charge in [-0.15, -0.1) is 0 Å². The Bertz CT molecular complexity index is 590. The molecule has 0 saturated heterocycles. The summed E-state index contributed by atoms with van der Waals surface area (Å²) in [5, 5.41) is 10.4. The standard InChI is InChI=1S/C13H10ClN3S/c1-2-10-7-13(17-12(8-15)16-10)18-11-5-3-9(14)4-6-11/h3-7H,2H2,1H3. The lowest BCUT2D eigenvalue weighted by atomic mass is 10.3. The van der Waals surface area contributed by atoms with Crippen molar-refractivity contribution in [1.29, 1.82) is 5.26 Å². The van der Waals surface area contributed by atoms with E-state index in [1.54, 1.807) is 0 Å². The van der Waals surface area contributed by atoms with Crippen molar-refractivity contribution in [2.45, 2.75) is 23.3 Å². The minimum atomic E-state index is 0.214. The zero-order valence-electron chi connectivity index (χ0n) is 9.72. The highest BCUT2D eigenvalue weighted by molar-refractivity contribution is 7.99. The molecule has 0 atom stereocenters. The van der Waals surface area contributed by atoms with Crippen LogP contribution < -0.4 is 0 Å². The molecule has 2 rings (SSSR count). The van der Waals surface area contributed by atoms with E-state index in [1.165, 1.54) is 11.8 Å². The summed E-state index contributed by atoms with van der Waals surface area (Å²) < 4.78 is 0. The van der Waals surface area contributed by atoms with E-state index in [2.05, 4.69) is 9.97 Å². The van der Waals surface area contributed by atoms with E-state index >= 15 is 0 Å². The van der Waals surface area contributed by atoms with Gasteiger partial charge in [0.25, 0.3) is 0 Å². The van der Waals surface area contributed by atoms with Crippen molar-refractivity contribution in [3.05, 3.63) is 46.9 Å². The van der Waals surface area contributed by atoms with Gasteiger partial charge in [-0.2, -0.15) is 5.26 Å². The third-order valence-corrected chi connectivity index (χ3v) is 3.43. The van der Waals surface area contributed by atoms with Crippen LogP contribution in [0.1, 0.15) is 18.4 Å². The van der Waals surface area contributed by atoms with Crippen molar-refractivity contribution in [2.75, 3.05) is 0 Å². The predicted octanol–water partition coefficient (Wildman–Crippen LogP) is 3.72. The van der Waals surface area contributed by atoms with Crippen LogP contribution in [-0.2, 0) is 6.42 Å². The molecular weight excluding hydrogens is 266 g/mol. The summed E-state index contributed by atoms with van der Waals surface area (Å²) in [6, 6.07) is 11.4. The highest BCUT2D eigenvalue weighted by Crippen LogP contribution is 2.27. The molecule has 90 valence electrons. The van der Waals surface area contributed by atoms with Crippen LogP contribution in [0.4, 0.5) is 0 Å². The Morgan fingerprint density at radius 1 is 1.28 bits per heavy atom. The molecule has 0 aliphatic carbocycles. The number of aryl methyl sites for hydroxylation is 1. The molecule has 0 spiro atoms. The third kappa shape index (κ3) is 3.22. The first-order valence-electron chi connectivity index (χ1n) is 5.42. The van der Waals surface area contributed by atoms with Gasteiger partial charge in [0.15, 0.2) is 0 Å². The second-order valence-corrected chi connectivity index (χ2v) is 5.07. The first-order valence-corrected chi connectivity index (χ1v) is 6.62. The lowest BCUT2D eigenvalue weighted by Crippen LogP contribution is -1.96. The van der Waals surface area contributed by atoms with Gasteiger partial charge in [-0.1, -0.05) is 30.3 Å². The summed E-state index contributed by atoms with van der Waals surface area (Å²) in [6.45, 7) is 2.00. The molecule has 0 bridgehead atoms. The molecule has 0 aliphatic heterocycles. The van der Waals surface area contributed by atoms with Crippen LogP contribution in [0.3, 0.4) is 0 Å². The predicted molar refractivity (Wildman–Crippen MR) is 71.7 cm³/mol. The van der Waals surface area contributed by atoms with Gasteiger partial charge >= 0.3 is 0 Å². The number of hydrogen-bond donors (Lipinski definition) is 0. The van der Waals surface area contributed by atoms with E-state index in [0.29, 0.717) is 5.02 Å². The van der Waals surface area contributed by atoms with Gasteiger partial charge in [0.2, 0.25) is 5.82 Å². The number of benzene rings is 1. The Morgan fingerprint density at radius 3 is 2.61 bits per heavy atom. The van der Waals surface area contributed by atoms with Crippen molar-refractivity contribution >= 4 is 23.4 Å². The number of aromatic nitrogens is 2. The Kier molecular flexibility index (Phi) is 4.19. The topological polar surface area (TPSA) is 49.6 Å². The van der Waals surface area contributed by atoms with Crippen molar-refractivity contribution in [1.82, 2.24) is 9.97 Å². The maximum Gasteiger partial charge on any atom is 0.233 e. The van der Waals surface area contributed by atoms with Crippen molar-refractivity contribution < 1.29 is 0 Å². The molecule has 1 heterocycles. The first-order chi connectivity index (χ1) is 8.71. The van der Waals surface area contributed by atoms with Crippen LogP contribution in [0.5, 0.6) is 0 Å². The molecule has 0 saturated carbocycles. The average molecular weight is 276 g/mol. The number of hydrogen-bond acceptors (Lipinski definition) is 4. The lowest BCUT2D eigenvalue weighted by molar-refractivity contribution is 0.924. The monoisotopic (exact) mass is 275 g/mol. The summed E-state index contributed by atoms with van der Waals surface area (Å²) >= 11 is 7.33. The van der Waals surface area contributed by atoms with E-state index in [0.717, 1.165) is 22.0 Å². The lowest BCUT2D eigenvalue weighted by Gasteiger charge is -2.03. The van der Waals surface area contributed by atoms with E-state index in [9.17, 15) is 0 Å². The Balaban J connectivity index is 2.28. The molecule has 0 aliphatic rings. The fourth-order valence-corrected chi connectivity index (χ4v) is 2.35. The molecule has 3 nitrogen and oxygen atoms in total. The molecule has 1 aromatic carbocycles. The van der Waals surface area contributed by atoms with Crippen LogP contribution >= 0.6 is 23.4 Å². The van der Waals surface area contributed by atoms with E-state index in [-0.39, 0.29) is 5.82 Å². The highest BCUT2D eigenvalue weighted by Gasteiger charge is 2.05. The van der Waals surface area contributed by atoms with Gasteiger partial charge < -0.3 is 0 Å². The average Bonchev–Trinajstić information content (AvgIpc) is 2.41. The molecule has 0 fully saturated rings. The van der Waals surface area contributed by atoms with Crippen LogP contribution in [0.15, 0.2) is 40.3 Å². The SMILES string of the molecule is CCc1cc(Sc2ccc(Cl)cc2)nc(C#N)n1. The van der Waals surface area contributed by atoms with Crippen LogP contribution in [0.2, 0.25) is 5.02 Å². The third-order valence-electron chi connectivity index (χ3n) is 2.25. The highest BCUT2D eigenvalue weighted by atomic mass is 35.5. The van der Waals surface area contributed by atoms with E-state index in [1.807, 2.05) is 43.3 Å². The second-order valence-electron chi connectivity index (χ2n) is 3.54. The van der Waals surface area contributed by atoms with Gasteiger partial charge in [0.05, 0.1) is 0 Å². The van der Waals surface area contributed by atoms with Crippen LogP contribution in [-0.4, -0.2) is 9.97 Å². The smallest absolute Gasteiger partial charge is 0.224 e. The van der Waals surface area contributed by atoms with Gasteiger partial charge in [0.1, 0.15) is 11.1 Å². The fourth-order valence-electron chi connectivity index (χ4n) is 1.38. The van der Waals surface area contributed by atoms with Crippen molar-refractivity contribution in [3.63, 3.8) is 0 Å². The molecule has 0 unspecified atom stereocenters. The number of halogens is 1. The van der Waals surface area contributed by atoms with E-state index in [4.69, 9.17) is 16.9 Å². The number of nitrogens with zero attached hydrogens (tertiary/aromatic N) is 3. The maximum atomic E-state index is 8.88. The molecular formula is C13H10ClN3S. The second kappa shape index (κ2) is 5.85. The van der Waals surface area contributed by atoms with Gasteiger partial charge in [0, 0.05) is 15.6 Å². The minimum absolute atomic E-state index is 0.214. The zero-order chi connectivity index (χ0) is 13.0. The van der Waals surface area contributed by atoms with Gasteiger partial charge in [-0.25, -0.2) is 9.97 Å². The van der Waals surface area contributed by atoms with Crippen molar-refractivity contribution in [3.8, 4) is 6.07 Å². The Labute approximate surface area is 115 Å². The maximum absolute atomic E-state index is 8.88. The zero-order valence-corrected chi connectivity index (χ0v) is 11.3. The number of nitriles is 1. The summed E-state index contributed by atoms with van der Waals surface area (Å²) in [5.74, 6) is 0.214. The Morgan fingerprint density at radius 2 is 2.00 bits per heavy atom. The quantitative estimate of drug-likeness (QED) is 0.801. The molecule has 0 N–H and O–H groups in total. The van der Waals surface area contributed by atoms with Gasteiger partial charge in [-0.05, 0) is 36.8 Å². The van der Waals surface area contributed by atoms with Crippen molar-refractivity contribution in [2.24, 2.45) is 0 Å². The largest absolute Gasteiger partial charge is 0.233 e. The molecule has 0 amide bonds.